The largest absolute Gasteiger partial charge is 0.502 e. The Hall–Kier alpha value is -0.500. The van der Waals surface area contributed by atoms with Gasteiger partial charge in [0.2, 0.25) is 0 Å². The lowest BCUT2D eigenvalue weighted by Crippen LogP contribution is -2.33. The van der Waals surface area contributed by atoms with Gasteiger partial charge in [-0.1, -0.05) is 6.58 Å². The zero-order chi connectivity index (χ0) is 8.86. The first-order chi connectivity index (χ1) is 5.77. The summed E-state index contributed by atoms with van der Waals surface area (Å²) >= 11 is 0. The molecule has 0 spiro atoms. The van der Waals surface area contributed by atoms with Gasteiger partial charge in [-0.3, -0.25) is 0 Å². The maximum atomic E-state index is 5.70. The monoisotopic (exact) mass is 170 g/mol. The fraction of sp³-hybridized carbons (Fsp3) is 0.800. The van der Waals surface area contributed by atoms with E-state index in [0.717, 1.165) is 26.1 Å². The van der Waals surface area contributed by atoms with E-state index < -0.39 is 0 Å². The highest BCUT2D eigenvalue weighted by atomic mass is 16.5. The van der Waals surface area contributed by atoms with Gasteiger partial charge in [0, 0.05) is 13.0 Å². The van der Waals surface area contributed by atoms with Crippen LogP contribution < -0.4 is 0 Å². The molecule has 0 bridgehead atoms. The van der Waals surface area contributed by atoms with Gasteiger partial charge in [0.05, 0.1) is 18.5 Å². The average molecular weight is 170 g/mol. The lowest BCUT2D eigenvalue weighted by atomic mass is 9.93. The van der Waals surface area contributed by atoms with Crippen LogP contribution in [0.4, 0.5) is 0 Å². The molecule has 0 aromatic carbocycles. The highest BCUT2D eigenvalue weighted by Gasteiger charge is 2.27. The van der Waals surface area contributed by atoms with E-state index in [9.17, 15) is 0 Å². The van der Waals surface area contributed by atoms with Crippen molar-refractivity contribution in [3.05, 3.63) is 12.8 Å². The van der Waals surface area contributed by atoms with Gasteiger partial charge in [-0.05, 0) is 26.2 Å². The Morgan fingerprint density at radius 2 is 2.42 bits per heavy atom. The zero-order valence-corrected chi connectivity index (χ0v) is 7.84. The molecule has 2 heteroatoms. The van der Waals surface area contributed by atoms with E-state index in [4.69, 9.17) is 9.47 Å². The van der Waals surface area contributed by atoms with Crippen LogP contribution in [0, 0.1) is 0 Å². The topological polar surface area (TPSA) is 18.5 Å². The fourth-order valence-electron chi connectivity index (χ4n) is 1.55. The van der Waals surface area contributed by atoms with E-state index in [1.54, 1.807) is 0 Å². The minimum atomic E-state index is 0.0568. The molecule has 0 saturated carbocycles. The lowest BCUT2D eigenvalue weighted by Gasteiger charge is -2.33. The molecule has 1 unspecified atom stereocenters. The van der Waals surface area contributed by atoms with Crippen LogP contribution in [-0.4, -0.2) is 18.8 Å². The Labute approximate surface area is 74.6 Å². The van der Waals surface area contributed by atoms with Crippen LogP contribution in [0.3, 0.4) is 0 Å². The van der Waals surface area contributed by atoms with Gasteiger partial charge < -0.3 is 9.47 Å². The van der Waals surface area contributed by atoms with Gasteiger partial charge in [0.1, 0.15) is 0 Å². The van der Waals surface area contributed by atoms with Crippen LogP contribution >= 0.6 is 0 Å². The van der Waals surface area contributed by atoms with Crippen molar-refractivity contribution in [3.63, 3.8) is 0 Å². The predicted molar refractivity (Wildman–Crippen MR) is 49.0 cm³/mol. The van der Waals surface area contributed by atoms with E-state index in [1.165, 1.54) is 19.1 Å². The molecule has 0 amide bonds. The molecule has 70 valence electrons. The van der Waals surface area contributed by atoms with Gasteiger partial charge in [0.25, 0.3) is 0 Å². The minimum Gasteiger partial charge on any atom is -0.502 e. The molecule has 1 saturated heterocycles. The molecular weight excluding hydrogens is 152 g/mol. The predicted octanol–water partition coefficient (Wildman–Crippen LogP) is 2.50. The van der Waals surface area contributed by atoms with Gasteiger partial charge >= 0.3 is 0 Å². The van der Waals surface area contributed by atoms with Crippen molar-refractivity contribution in [2.75, 3.05) is 13.2 Å². The molecule has 1 rings (SSSR count). The molecule has 0 N–H and O–H groups in total. The van der Waals surface area contributed by atoms with E-state index in [2.05, 4.69) is 13.5 Å². The van der Waals surface area contributed by atoms with Gasteiger partial charge in [-0.25, -0.2) is 0 Å². The van der Waals surface area contributed by atoms with Crippen molar-refractivity contribution in [1.82, 2.24) is 0 Å². The number of hydrogen-bond donors (Lipinski definition) is 0. The molecule has 1 aliphatic heterocycles. The summed E-state index contributed by atoms with van der Waals surface area (Å²) in [6.07, 6.45) is 6.11. The van der Waals surface area contributed by atoms with Crippen LogP contribution in [-0.2, 0) is 9.47 Å². The molecule has 1 heterocycles. The number of hydrogen-bond acceptors (Lipinski definition) is 2. The van der Waals surface area contributed by atoms with Gasteiger partial charge in [0.15, 0.2) is 0 Å². The maximum Gasteiger partial charge on any atom is 0.0900 e. The summed E-state index contributed by atoms with van der Waals surface area (Å²) in [5.41, 5.74) is 0.0568. The third kappa shape index (κ3) is 2.86. The molecule has 1 aliphatic rings. The van der Waals surface area contributed by atoms with Crippen molar-refractivity contribution >= 4 is 0 Å². The van der Waals surface area contributed by atoms with Gasteiger partial charge in [-0.2, -0.15) is 0 Å². The number of ether oxygens (including phenoxy) is 2. The van der Waals surface area contributed by atoms with E-state index in [1.807, 2.05) is 0 Å². The summed E-state index contributed by atoms with van der Waals surface area (Å²) in [6, 6.07) is 0. The average Bonchev–Trinajstić information content (AvgIpc) is 2.06. The lowest BCUT2D eigenvalue weighted by molar-refractivity contribution is -0.0777. The third-order valence-electron chi connectivity index (χ3n) is 2.42. The molecule has 12 heavy (non-hydrogen) atoms. The first-order valence-corrected chi connectivity index (χ1v) is 4.63. The van der Waals surface area contributed by atoms with Crippen molar-refractivity contribution in [2.24, 2.45) is 0 Å². The minimum absolute atomic E-state index is 0.0568. The van der Waals surface area contributed by atoms with Crippen molar-refractivity contribution in [1.29, 1.82) is 0 Å². The zero-order valence-electron chi connectivity index (χ0n) is 7.84. The van der Waals surface area contributed by atoms with Crippen LogP contribution in [0.15, 0.2) is 12.8 Å². The molecular formula is C10H18O2. The normalized spacial score (nSPS) is 29.8. The molecule has 0 radical (unpaired) electrons. The molecule has 2 nitrogen and oxygen atoms in total. The Morgan fingerprint density at radius 1 is 1.58 bits per heavy atom. The standard InChI is InChI=1S/C10H18O2/c1-3-11-9-7-10(2)6-4-5-8-12-10/h3H,1,4-9H2,2H3. The molecule has 0 aromatic heterocycles. The Kier molecular flexibility index (Phi) is 3.60. The fourth-order valence-corrected chi connectivity index (χ4v) is 1.55. The quantitative estimate of drug-likeness (QED) is 0.476. The smallest absolute Gasteiger partial charge is 0.0900 e. The Balaban J connectivity index is 2.21. The molecule has 0 aromatic rings. The van der Waals surface area contributed by atoms with E-state index in [0.29, 0.717) is 0 Å². The van der Waals surface area contributed by atoms with Crippen molar-refractivity contribution in [2.45, 2.75) is 38.2 Å². The summed E-state index contributed by atoms with van der Waals surface area (Å²) in [5.74, 6) is 0. The third-order valence-corrected chi connectivity index (χ3v) is 2.42. The highest BCUT2D eigenvalue weighted by Crippen LogP contribution is 2.27. The van der Waals surface area contributed by atoms with E-state index >= 15 is 0 Å². The summed E-state index contributed by atoms with van der Waals surface area (Å²) in [6.45, 7) is 7.30. The summed E-state index contributed by atoms with van der Waals surface area (Å²) in [7, 11) is 0. The second kappa shape index (κ2) is 4.51. The molecule has 1 fully saturated rings. The van der Waals surface area contributed by atoms with Crippen molar-refractivity contribution in [3.8, 4) is 0 Å². The van der Waals surface area contributed by atoms with Crippen LogP contribution in [0.2, 0.25) is 0 Å². The van der Waals surface area contributed by atoms with Gasteiger partial charge in [-0.15, -0.1) is 0 Å². The second-order valence-corrected chi connectivity index (χ2v) is 3.54. The van der Waals surface area contributed by atoms with Crippen molar-refractivity contribution < 1.29 is 9.47 Å². The van der Waals surface area contributed by atoms with Crippen LogP contribution in [0.25, 0.3) is 0 Å². The Bertz CT molecular complexity index is 137. The maximum absolute atomic E-state index is 5.70. The van der Waals surface area contributed by atoms with Crippen LogP contribution in [0.1, 0.15) is 32.6 Å². The first kappa shape index (κ1) is 9.59. The first-order valence-electron chi connectivity index (χ1n) is 4.63. The SMILES string of the molecule is C=COCCC1(C)CCCCO1. The summed E-state index contributed by atoms with van der Waals surface area (Å²) in [5, 5.41) is 0. The van der Waals surface area contributed by atoms with E-state index in [-0.39, 0.29) is 5.60 Å². The van der Waals surface area contributed by atoms with Crippen LogP contribution in [0.5, 0.6) is 0 Å². The number of rotatable bonds is 4. The summed E-state index contributed by atoms with van der Waals surface area (Å²) < 4.78 is 10.8. The second-order valence-electron chi connectivity index (χ2n) is 3.54. The Morgan fingerprint density at radius 3 is 3.00 bits per heavy atom. The highest BCUT2D eigenvalue weighted by molar-refractivity contribution is 4.78. The molecule has 1 atom stereocenters. The molecule has 0 aliphatic carbocycles. The summed E-state index contributed by atoms with van der Waals surface area (Å²) in [4.78, 5) is 0.